The number of ether oxygens (including phenoxy) is 1. The van der Waals surface area contributed by atoms with Crippen molar-refractivity contribution in [1.82, 2.24) is 9.80 Å². The van der Waals surface area contributed by atoms with Crippen molar-refractivity contribution in [3.63, 3.8) is 0 Å². The van der Waals surface area contributed by atoms with Crippen LogP contribution in [-0.2, 0) is 4.79 Å². The first kappa shape index (κ1) is 16.4. The van der Waals surface area contributed by atoms with Crippen LogP contribution in [0.1, 0.15) is 13.8 Å². The fraction of sp³-hybridized carbons (Fsp3) is 0.533. The van der Waals surface area contributed by atoms with Crippen molar-refractivity contribution in [3.05, 3.63) is 28.2 Å². The third-order valence-corrected chi connectivity index (χ3v) is 4.42. The van der Waals surface area contributed by atoms with Crippen molar-refractivity contribution >= 4 is 29.1 Å². The second-order valence-corrected chi connectivity index (χ2v) is 5.91. The molecule has 21 heavy (non-hydrogen) atoms. The molecule has 4 nitrogen and oxygen atoms in total. The zero-order valence-corrected chi connectivity index (χ0v) is 13.8. The number of hydrogen-bond acceptors (Lipinski definition) is 3. The number of benzene rings is 1. The number of piperazine rings is 1. The van der Waals surface area contributed by atoms with Gasteiger partial charge in [-0.2, -0.15) is 0 Å². The zero-order valence-electron chi connectivity index (χ0n) is 12.3. The van der Waals surface area contributed by atoms with E-state index in [1.165, 1.54) is 0 Å². The van der Waals surface area contributed by atoms with E-state index >= 15 is 0 Å². The SMILES string of the molecule is CCN1CCN(C(=O)C(C)Oc2ccc(Cl)c(Cl)c2)CC1. The molecule has 116 valence electrons. The maximum atomic E-state index is 12.4. The molecule has 1 atom stereocenters. The van der Waals surface area contributed by atoms with E-state index in [9.17, 15) is 4.79 Å². The molecule has 2 rings (SSSR count). The monoisotopic (exact) mass is 330 g/mol. The third-order valence-electron chi connectivity index (χ3n) is 3.68. The molecule has 1 aliphatic heterocycles. The Hall–Kier alpha value is -0.970. The van der Waals surface area contributed by atoms with E-state index in [4.69, 9.17) is 27.9 Å². The van der Waals surface area contributed by atoms with Crippen LogP contribution in [0.15, 0.2) is 18.2 Å². The van der Waals surface area contributed by atoms with Crippen molar-refractivity contribution in [2.24, 2.45) is 0 Å². The Kier molecular flexibility index (Phi) is 5.73. The van der Waals surface area contributed by atoms with Gasteiger partial charge in [0.25, 0.3) is 5.91 Å². The number of halogens is 2. The number of carbonyl (C=O) groups excluding carboxylic acids is 1. The number of amides is 1. The van der Waals surface area contributed by atoms with Crippen LogP contribution in [0.25, 0.3) is 0 Å². The first-order valence-corrected chi connectivity index (χ1v) is 7.89. The summed E-state index contributed by atoms with van der Waals surface area (Å²) >= 11 is 11.8. The zero-order chi connectivity index (χ0) is 15.4. The molecule has 1 amide bonds. The van der Waals surface area contributed by atoms with Gasteiger partial charge in [0, 0.05) is 32.2 Å². The van der Waals surface area contributed by atoms with Crippen LogP contribution >= 0.6 is 23.2 Å². The minimum atomic E-state index is -0.532. The van der Waals surface area contributed by atoms with E-state index < -0.39 is 6.10 Å². The minimum Gasteiger partial charge on any atom is -0.481 e. The van der Waals surface area contributed by atoms with Crippen LogP contribution in [0.2, 0.25) is 10.0 Å². The molecule has 1 aliphatic rings. The lowest BCUT2D eigenvalue weighted by molar-refractivity contribution is -0.139. The lowest BCUT2D eigenvalue weighted by atomic mass is 10.2. The van der Waals surface area contributed by atoms with Gasteiger partial charge >= 0.3 is 0 Å². The Morgan fingerprint density at radius 2 is 1.90 bits per heavy atom. The molecule has 1 unspecified atom stereocenters. The summed E-state index contributed by atoms with van der Waals surface area (Å²) in [5.41, 5.74) is 0. The molecule has 6 heteroatoms. The fourth-order valence-corrected chi connectivity index (χ4v) is 2.63. The first-order valence-electron chi connectivity index (χ1n) is 7.14. The van der Waals surface area contributed by atoms with E-state index in [0.717, 1.165) is 32.7 Å². The second kappa shape index (κ2) is 7.34. The van der Waals surface area contributed by atoms with Crippen molar-refractivity contribution < 1.29 is 9.53 Å². The highest BCUT2D eigenvalue weighted by Crippen LogP contribution is 2.27. The van der Waals surface area contributed by atoms with Gasteiger partial charge in [-0.15, -0.1) is 0 Å². The van der Waals surface area contributed by atoms with Crippen LogP contribution in [-0.4, -0.2) is 54.5 Å². The number of likely N-dealkylation sites (N-methyl/N-ethyl adjacent to an activating group) is 1. The van der Waals surface area contributed by atoms with E-state index in [2.05, 4.69) is 11.8 Å². The van der Waals surface area contributed by atoms with Crippen LogP contribution in [0, 0.1) is 0 Å². The van der Waals surface area contributed by atoms with Crippen LogP contribution in [0.5, 0.6) is 5.75 Å². The molecule has 0 N–H and O–H groups in total. The van der Waals surface area contributed by atoms with Gasteiger partial charge in [-0.05, 0) is 25.6 Å². The maximum absolute atomic E-state index is 12.4. The van der Waals surface area contributed by atoms with Crippen LogP contribution < -0.4 is 4.74 Å². The molecular formula is C15H20Cl2N2O2. The molecule has 0 bridgehead atoms. The molecule has 0 radical (unpaired) electrons. The third kappa shape index (κ3) is 4.25. The molecule has 1 saturated heterocycles. The first-order chi connectivity index (χ1) is 10.0. The quantitative estimate of drug-likeness (QED) is 0.850. The molecule has 0 aliphatic carbocycles. The van der Waals surface area contributed by atoms with Crippen LogP contribution in [0.3, 0.4) is 0 Å². The molecule has 1 aromatic carbocycles. The summed E-state index contributed by atoms with van der Waals surface area (Å²) in [4.78, 5) is 16.6. The average Bonchev–Trinajstić information content (AvgIpc) is 2.50. The summed E-state index contributed by atoms with van der Waals surface area (Å²) in [5, 5.41) is 0.893. The van der Waals surface area contributed by atoms with Gasteiger partial charge in [-0.1, -0.05) is 30.1 Å². The van der Waals surface area contributed by atoms with Gasteiger partial charge in [0.2, 0.25) is 0 Å². The molecule has 1 aromatic rings. The van der Waals surface area contributed by atoms with Crippen molar-refractivity contribution in [1.29, 1.82) is 0 Å². The summed E-state index contributed by atoms with van der Waals surface area (Å²) in [5.74, 6) is 0.564. The largest absolute Gasteiger partial charge is 0.481 e. The highest BCUT2D eigenvalue weighted by molar-refractivity contribution is 6.42. The highest BCUT2D eigenvalue weighted by Gasteiger charge is 2.25. The van der Waals surface area contributed by atoms with Crippen molar-refractivity contribution in [2.45, 2.75) is 20.0 Å². The number of hydrogen-bond donors (Lipinski definition) is 0. The summed E-state index contributed by atoms with van der Waals surface area (Å²) in [6.45, 7) is 8.26. The van der Waals surface area contributed by atoms with Gasteiger partial charge in [0.15, 0.2) is 6.10 Å². The topological polar surface area (TPSA) is 32.8 Å². The summed E-state index contributed by atoms with van der Waals surface area (Å²) in [6, 6.07) is 5.01. The molecule has 1 heterocycles. The lowest BCUT2D eigenvalue weighted by Crippen LogP contribution is -2.51. The average molecular weight is 331 g/mol. The molecule has 0 aromatic heterocycles. The Labute approximate surface area is 135 Å². The van der Waals surface area contributed by atoms with E-state index in [1.54, 1.807) is 25.1 Å². The van der Waals surface area contributed by atoms with Gasteiger partial charge in [0.05, 0.1) is 10.0 Å². The molecular weight excluding hydrogens is 311 g/mol. The van der Waals surface area contributed by atoms with E-state index in [-0.39, 0.29) is 5.91 Å². The van der Waals surface area contributed by atoms with Crippen LogP contribution in [0.4, 0.5) is 0 Å². The van der Waals surface area contributed by atoms with Crippen molar-refractivity contribution in [3.8, 4) is 5.75 Å². The summed E-state index contributed by atoms with van der Waals surface area (Å²) in [6.07, 6.45) is -0.532. The van der Waals surface area contributed by atoms with E-state index in [0.29, 0.717) is 15.8 Å². The Morgan fingerprint density at radius 1 is 1.24 bits per heavy atom. The Balaban J connectivity index is 1.92. The van der Waals surface area contributed by atoms with Gasteiger partial charge < -0.3 is 14.5 Å². The Bertz CT molecular complexity index is 502. The standard InChI is InChI=1S/C15H20Cl2N2O2/c1-3-18-6-8-19(9-7-18)15(20)11(2)21-12-4-5-13(16)14(17)10-12/h4-5,10-11H,3,6-9H2,1-2H3. The number of rotatable bonds is 4. The van der Waals surface area contributed by atoms with Gasteiger partial charge in [-0.3, -0.25) is 4.79 Å². The predicted molar refractivity (Wildman–Crippen MR) is 85.2 cm³/mol. The van der Waals surface area contributed by atoms with E-state index in [1.807, 2.05) is 4.90 Å². The molecule has 1 fully saturated rings. The van der Waals surface area contributed by atoms with Crippen molar-refractivity contribution in [2.75, 3.05) is 32.7 Å². The maximum Gasteiger partial charge on any atom is 0.263 e. The molecule has 0 saturated carbocycles. The smallest absolute Gasteiger partial charge is 0.263 e. The fourth-order valence-electron chi connectivity index (χ4n) is 2.35. The lowest BCUT2D eigenvalue weighted by Gasteiger charge is -2.35. The number of nitrogens with zero attached hydrogens (tertiary/aromatic N) is 2. The predicted octanol–water partition coefficient (Wildman–Crippen LogP) is 2.92. The molecule has 0 spiro atoms. The second-order valence-electron chi connectivity index (χ2n) is 5.10. The summed E-state index contributed by atoms with van der Waals surface area (Å²) in [7, 11) is 0. The normalized spacial score (nSPS) is 17.6. The highest BCUT2D eigenvalue weighted by atomic mass is 35.5. The minimum absolute atomic E-state index is 0.0109. The summed E-state index contributed by atoms with van der Waals surface area (Å²) < 4.78 is 5.67. The number of carbonyl (C=O) groups is 1. The van der Waals surface area contributed by atoms with Gasteiger partial charge in [0.1, 0.15) is 5.75 Å². The van der Waals surface area contributed by atoms with Gasteiger partial charge in [-0.25, -0.2) is 0 Å². The Morgan fingerprint density at radius 3 is 2.48 bits per heavy atom.